The first-order valence-electron chi connectivity index (χ1n) is 4.84. The van der Waals surface area contributed by atoms with Crippen LogP contribution in [0.4, 0.5) is 13.2 Å². The zero-order valence-electron chi connectivity index (χ0n) is 9.13. The molecular weight excluding hydrogens is 251 g/mol. The summed E-state index contributed by atoms with van der Waals surface area (Å²) in [6.07, 6.45) is -4.67. The van der Waals surface area contributed by atoms with E-state index in [4.69, 9.17) is 4.74 Å². The number of fused-ring (bicyclic) bond motifs is 1. The minimum atomic E-state index is -4.67. The van der Waals surface area contributed by atoms with Crippen molar-refractivity contribution in [3.63, 3.8) is 0 Å². The number of aromatic amines is 1. The average Bonchev–Trinajstić information content (AvgIpc) is 2.26. The molecular formula is C11H8F3NO3. The number of benzene rings is 1. The van der Waals surface area contributed by atoms with Gasteiger partial charge in [0.2, 0.25) is 5.56 Å². The lowest BCUT2D eigenvalue weighted by molar-refractivity contribution is -0.136. The van der Waals surface area contributed by atoms with Crippen LogP contribution in [0, 0.1) is 0 Å². The number of phenolic OH excluding ortho intramolecular Hbond substituents is 1. The third-order valence-electron chi connectivity index (χ3n) is 2.45. The summed E-state index contributed by atoms with van der Waals surface area (Å²) in [5.41, 5.74) is -2.02. The Kier molecular flexibility index (Phi) is 2.68. The number of aromatic nitrogens is 1. The van der Waals surface area contributed by atoms with Gasteiger partial charge in [0, 0.05) is 17.5 Å². The van der Waals surface area contributed by atoms with Crippen LogP contribution in [0.3, 0.4) is 0 Å². The summed E-state index contributed by atoms with van der Waals surface area (Å²) in [4.78, 5) is 13.4. The third kappa shape index (κ3) is 1.99. The molecule has 2 rings (SSSR count). The normalized spacial score (nSPS) is 11.8. The van der Waals surface area contributed by atoms with Crippen molar-refractivity contribution in [2.75, 3.05) is 7.11 Å². The highest BCUT2D eigenvalue weighted by molar-refractivity contribution is 5.85. The second kappa shape index (κ2) is 3.94. The summed E-state index contributed by atoms with van der Waals surface area (Å²) in [5.74, 6) is -0.444. The van der Waals surface area contributed by atoms with Crippen molar-refractivity contribution in [3.05, 3.63) is 34.1 Å². The van der Waals surface area contributed by atoms with Crippen LogP contribution in [0.1, 0.15) is 5.56 Å². The zero-order chi connectivity index (χ0) is 13.5. The van der Waals surface area contributed by atoms with Crippen LogP contribution in [-0.4, -0.2) is 17.2 Å². The van der Waals surface area contributed by atoms with Crippen molar-refractivity contribution in [2.24, 2.45) is 0 Å². The van der Waals surface area contributed by atoms with E-state index < -0.39 is 23.0 Å². The minimum absolute atomic E-state index is 0.0162. The maximum Gasteiger partial charge on any atom is 0.417 e. The van der Waals surface area contributed by atoms with E-state index in [1.807, 2.05) is 0 Å². The second-order valence-electron chi connectivity index (χ2n) is 3.61. The van der Waals surface area contributed by atoms with Gasteiger partial charge in [0.15, 0.2) is 11.5 Å². The topological polar surface area (TPSA) is 62.3 Å². The first-order chi connectivity index (χ1) is 8.32. The quantitative estimate of drug-likeness (QED) is 0.825. The van der Waals surface area contributed by atoms with Crippen molar-refractivity contribution in [1.82, 2.24) is 4.98 Å². The molecule has 0 radical (unpaired) electrons. The predicted octanol–water partition coefficient (Wildman–Crippen LogP) is 2.26. The summed E-state index contributed by atoms with van der Waals surface area (Å²) >= 11 is 0. The summed E-state index contributed by atoms with van der Waals surface area (Å²) < 4.78 is 43.0. The molecule has 0 atom stereocenters. The molecule has 0 spiro atoms. The highest BCUT2D eigenvalue weighted by atomic mass is 19.4. The van der Waals surface area contributed by atoms with E-state index in [-0.39, 0.29) is 16.7 Å². The Labute approximate surface area is 98.6 Å². The number of halogens is 3. The van der Waals surface area contributed by atoms with Gasteiger partial charge < -0.3 is 14.8 Å². The van der Waals surface area contributed by atoms with Gasteiger partial charge in [0.1, 0.15) is 0 Å². The van der Waals surface area contributed by atoms with Crippen molar-refractivity contribution < 1.29 is 23.0 Å². The molecule has 0 fully saturated rings. The molecule has 18 heavy (non-hydrogen) atoms. The smallest absolute Gasteiger partial charge is 0.417 e. The van der Waals surface area contributed by atoms with Crippen molar-refractivity contribution in [1.29, 1.82) is 0 Å². The Hall–Kier alpha value is -2.18. The lowest BCUT2D eigenvalue weighted by Crippen LogP contribution is -2.13. The number of pyridine rings is 1. The molecule has 7 heteroatoms. The fourth-order valence-electron chi connectivity index (χ4n) is 1.67. The number of rotatable bonds is 1. The van der Waals surface area contributed by atoms with E-state index in [0.717, 1.165) is 12.1 Å². The molecule has 0 aliphatic heterocycles. The molecule has 2 N–H and O–H groups in total. The van der Waals surface area contributed by atoms with Gasteiger partial charge in [-0.2, -0.15) is 13.2 Å². The van der Waals surface area contributed by atoms with Crippen LogP contribution >= 0.6 is 0 Å². The zero-order valence-corrected chi connectivity index (χ0v) is 9.13. The SMILES string of the molecule is COc1cc2[nH]c(=O)cc(C(F)(F)F)c2cc1O. The van der Waals surface area contributed by atoms with E-state index in [1.165, 1.54) is 7.11 Å². The van der Waals surface area contributed by atoms with E-state index in [9.17, 15) is 23.1 Å². The lowest BCUT2D eigenvalue weighted by atomic mass is 10.1. The molecule has 0 unspecified atom stereocenters. The standard InChI is InChI=1S/C11H8F3NO3/c1-18-9-4-7-5(2-8(9)16)6(11(12,13)14)3-10(17)15-7/h2-4,16H,1H3,(H,15,17). The van der Waals surface area contributed by atoms with Gasteiger partial charge >= 0.3 is 6.18 Å². The van der Waals surface area contributed by atoms with Gasteiger partial charge in [-0.05, 0) is 6.07 Å². The van der Waals surface area contributed by atoms with Gasteiger partial charge in [0.05, 0.1) is 18.2 Å². The van der Waals surface area contributed by atoms with Gasteiger partial charge in [-0.3, -0.25) is 4.79 Å². The molecule has 0 aliphatic rings. The number of aromatic hydroxyl groups is 1. The molecule has 96 valence electrons. The maximum atomic E-state index is 12.7. The molecule has 0 aliphatic carbocycles. The van der Waals surface area contributed by atoms with Gasteiger partial charge in [-0.25, -0.2) is 0 Å². The van der Waals surface area contributed by atoms with Gasteiger partial charge in [-0.15, -0.1) is 0 Å². The molecule has 0 bridgehead atoms. The van der Waals surface area contributed by atoms with Crippen LogP contribution in [0.25, 0.3) is 10.9 Å². The summed E-state index contributed by atoms with van der Waals surface area (Å²) in [6.45, 7) is 0. The number of hydrogen-bond acceptors (Lipinski definition) is 3. The third-order valence-corrected chi connectivity index (χ3v) is 2.45. The van der Waals surface area contributed by atoms with Crippen LogP contribution in [0.15, 0.2) is 23.0 Å². The molecule has 0 saturated heterocycles. The summed E-state index contributed by atoms with van der Waals surface area (Å²) in [7, 11) is 1.26. The number of nitrogens with one attached hydrogen (secondary N) is 1. The largest absolute Gasteiger partial charge is 0.504 e. The van der Waals surface area contributed by atoms with Crippen LogP contribution in [-0.2, 0) is 6.18 Å². The minimum Gasteiger partial charge on any atom is -0.504 e. The number of ether oxygens (including phenoxy) is 1. The Morgan fingerprint density at radius 2 is 1.94 bits per heavy atom. The molecule has 0 amide bonds. The van der Waals surface area contributed by atoms with Crippen molar-refractivity contribution in [2.45, 2.75) is 6.18 Å². The summed E-state index contributed by atoms with van der Waals surface area (Å²) in [6, 6.07) is 2.50. The fraction of sp³-hybridized carbons (Fsp3) is 0.182. The first kappa shape index (κ1) is 12.3. The van der Waals surface area contributed by atoms with Crippen molar-refractivity contribution >= 4 is 10.9 Å². The van der Waals surface area contributed by atoms with E-state index in [2.05, 4.69) is 4.98 Å². The lowest BCUT2D eigenvalue weighted by Gasteiger charge is -2.11. The van der Waals surface area contributed by atoms with E-state index >= 15 is 0 Å². The molecule has 1 aromatic heterocycles. The summed E-state index contributed by atoms with van der Waals surface area (Å²) in [5, 5.41) is 9.19. The number of alkyl halides is 3. The van der Waals surface area contributed by atoms with E-state index in [1.54, 1.807) is 0 Å². The van der Waals surface area contributed by atoms with Crippen LogP contribution in [0.5, 0.6) is 11.5 Å². The molecule has 4 nitrogen and oxygen atoms in total. The Morgan fingerprint density at radius 3 is 2.50 bits per heavy atom. The molecule has 0 saturated carbocycles. The average molecular weight is 259 g/mol. The van der Waals surface area contributed by atoms with Crippen molar-refractivity contribution in [3.8, 4) is 11.5 Å². The Morgan fingerprint density at radius 1 is 1.28 bits per heavy atom. The van der Waals surface area contributed by atoms with Gasteiger partial charge in [-0.1, -0.05) is 0 Å². The van der Waals surface area contributed by atoms with Crippen LogP contribution < -0.4 is 10.3 Å². The maximum absolute atomic E-state index is 12.7. The van der Waals surface area contributed by atoms with Gasteiger partial charge in [0.25, 0.3) is 0 Å². The predicted molar refractivity (Wildman–Crippen MR) is 57.8 cm³/mol. The number of H-pyrrole nitrogens is 1. The fourth-order valence-corrected chi connectivity index (χ4v) is 1.67. The number of phenols is 1. The number of hydrogen-bond donors (Lipinski definition) is 2. The molecule has 1 heterocycles. The Balaban J connectivity index is 2.88. The highest BCUT2D eigenvalue weighted by Gasteiger charge is 2.33. The monoisotopic (exact) mass is 259 g/mol. The van der Waals surface area contributed by atoms with E-state index in [0.29, 0.717) is 6.07 Å². The second-order valence-corrected chi connectivity index (χ2v) is 3.61. The first-order valence-corrected chi connectivity index (χ1v) is 4.84. The molecule has 2 aromatic rings. The number of methoxy groups -OCH3 is 1. The highest BCUT2D eigenvalue weighted by Crippen LogP contribution is 2.37. The molecule has 1 aromatic carbocycles. The van der Waals surface area contributed by atoms with Crippen LogP contribution in [0.2, 0.25) is 0 Å². The Bertz CT molecular complexity index is 661.